The molecule has 9 heteroatoms. The molecule has 0 unspecified atom stereocenters. The number of hydrogen-bond acceptors (Lipinski definition) is 5. The summed E-state index contributed by atoms with van der Waals surface area (Å²) in [5.41, 5.74) is 3.43. The van der Waals surface area contributed by atoms with Crippen molar-refractivity contribution in [3.05, 3.63) is 33.1 Å². The van der Waals surface area contributed by atoms with Crippen molar-refractivity contribution in [2.24, 2.45) is 5.73 Å². The van der Waals surface area contributed by atoms with Gasteiger partial charge in [0.15, 0.2) is 0 Å². The van der Waals surface area contributed by atoms with Gasteiger partial charge in [-0.05, 0) is 19.9 Å². The maximum absolute atomic E-state index is 12.1. The molecule has 0 radical (unpaired) electrons. The Balaban J connectivity index is 3.06. The molecule has 0 saturated heterocycles. The minimum atomic E-state index is -0.938. The normalized spacial score (nSPS) is 10.9. The average Bonchev–Trinajstić information content (AvgIpc) is 2.25. The van der Waals surface area contributed by atoms with E-state index in [-0.39, 0.29) is 17.1 Å². The van der Waals surface area contributed by atoms with Crippen LogP contribution in [0.2, 0.25) is 5.15 Å². The van der Waals surface area contributed by atoms with Crippen LogP contribution < -0.4 is 11.1 Å². The predicted octanol–water partition coefficient (Wildman–Crippen LogP) is 1.03. The van der Waals surface area contributed by atoms with Gasteiger partial charge in [0.2, 0.25) is 5.91 Å². The molecule has 0 fully saturated rings. The first kappa shape index (κ1) is 15.8. The van der Waals surface area contributed by atoms with Gasteiger partial charge in [-0.15, -0.1) is 0 Å². The van der Waals surface area contributed by atoms with Crippen molar-refractivity contribution in [1.29, 1.82) is 0 Å². The van der Waals surface area contributed by atoms with Crippen LogP contribution in [0.15, 0.2) is 12.3 Å². The molecule has 1 heterocycles. The number of nitrogens with two attached hydrogens (primary N) is 1. The summed E-state index contributed by atoms with van der Waals surface area (Å²) in [4.78, 5) is 36.6. The number of halogens is 1. The lowest BCUT2D eigenvalue weighted by atomic mass is 9.99. The first-order chi connectivity index (χ1) is 9.12. The molecule has 1 aromatic rings. The van der Waals surface area contributed by atoms with Gasteiger partial charge in [-0.1, -0.05) is 11.6 Å². The molecule has 0 spiro atoms. The van der Waals surface area contributed by atoms with E-state index in [2.05, 4.69) is 10.3 Å². The SMILES string of the molecule is CC(C)(CC(N)=O)NC(=O)c1cc(Cl)ncc1[N+](=O)[O-]. The van der Waals surface area contributed by atoms with Crippen LogP contribution in [0.3, 0.4) is 0 Å². The number of rotatable bonds is 5. The number of hydrogen-bond donors (Lipinski definition) is 2. The largest absolute Gasteiger partial charge is 0.370 e. The van der Waals surface area contributed by atoms with Gasteiger partial charge in [-0.3, -0.25) is 19.7 Å². The fraction of sp³-hybridized carbons (Fsp3) is 0.364. The second-order valence-electron chi connectivity index (χ2n) is 4.76. The van der Waals surface area contributed by atoms with E-state index in [1.54, 1.807) is 13.8 Å². The lowest BCUT2D eigenvalue weighted by Gasteiger charge is -2.24. The monoisotopic (exact) mass is 300 g/mol. The number of carbonyl (C=O) groups excluding carboxylic acids is 2. The molecule has 0 aliphatic rings. The van der Waals surface area contributed by atoms with Gasteiger partial charge in [0.1, 0.15) is 16.9 Å². The number of nitrogens with zero attached hydrogens (tertiary/aromatic N) is 2. The third kappa shape index (κ3) is 4.16. The summed E-state index contributed by atoms with van der Waals surface area (Å²) in [6.07, 6.45) is 0.795. The standard InChI is InChI=1S/C11H13ClN4O4/c1-11(2,4-9(13)17)15-10(18)6-3-8(12)14-5-7(6)16(19)20/h3,5H,4H2,1-2H3,(H2,13,17)(H,15,18). The summed E-state index contributed by atoms with van der Waals surface area (Å²) < 4.78 is 0. The smallest absolute Gasteiger partial charge is 0.300 e. The summed E-state index contributed by atoms with van der Waals surface area (Å²) in [5, 5.41) is 13.3. The topological polar surface area (TPSA) is 128 Å². The molecular weight excluding hydrogens is 288 g/mol. The number of nitro groups is 1. The van der Waals surface area contributed by atoms with Crippen LogP contribution in [0.1, 0.15) is 30.6 Å². The highest BCUT2D eigenvalue weighted by Gasteiger charge is 2.28. The van der Waals surface area contributed by atoms with Crippen molar-refractivity contribution in [3.8, 4) is 0 Å². The van der Waals surface area contributed by atoms with E-state index in [0.29, 0.717) is 0 Å². The number of aromatic nitrogens is 1. The highest BCUT2D eigenvalue weighted by atomic mass is 35.5. The van der Waals surface area contributed by atoms with Crippen LogP contribution >= 0.6 is 11.6 Å². The van der Waals surface area contributed by atoms with E-state index < -0.39 is 28.0 Å². The number of amides is 2. The van der Waals surface area contributed by atoms with Crippen LogP contribution in [-0.2, 0) is 4.79 Å². The van der Waals surface area contributed by atoms with Gasteiger partial charge >= 0.3 is 0 Å². The number of pyridine rings is 1. The van der Waals surface area contributed by atoms with E-state index in [4.69, 9.17) is 17.3 Å². The van der Waals surface area contributed by atoms with Crippen molar-refractivity contribution in [2.45, 2.75) is 25.8 Å². The molecule has 3 N–H and O–H groups in total. The van der Waals surface area contributed by atoms with E-state index in [0.717, 1.165) is 12.3 Å². The van der Waals surface area contributed by atoms with Gasteiger partial charge in [0.05, 0.1) is 4.92 Å². The Hall–Kier alpha value is -2.22. The van der Waals surface area contributed by atoms with Crippen LogP contribution in [0, 0.1) is 10.1 Å². The third-order valence-corrected chi connectivity index (χ3v) is 2.57. The van der Waals surface area contributed by atoms with Crippen molar-refractivity contribution >= 4 is 29.1 Å². The lowest BCUT2D eigenvalue weighted by molar-refractivity contribution is -0.385. The fourth-order valence-corrected chi connectivity index (χ4v) is 1.76. The number of primary amides is 1. The molecule has 0 atom stereocenters. The van der Waals surface area contributed by atoms with Gasteiger partial charge in [0, 0.05) is 12.0 Å². The molecule has 0 aliphatic carbocycles. The molecule has 108 valence electrons. The van der Waals surface area contributed by atoms with Gasteiger partial charge in [0.25, 0.3) is 11.6 Å². The zero-order valence-electron chi connectivity index (χ0n) is 10.8. The number of nitrogens with one attached hydrogen (secondary N) is 1. The predicted molar refractivity (Wildman–Crippen MR) is 71.3 cm³/mol. The molecular formula is C11H13ClN4O4. The summed E-state index contributed by atoms with van der Waals surface area (Å²) in [6, 6.07) is 1.09. The second kappa shape index (κ2) is 5.83. The van der Waals surface area contributed by atoms with Crippen molar-refractivity contribution < 1.29 is 14.5 Å². The quantitative estimate of drug-likeness (QED) is 0.476. The summed E-state index contributed by atoms with van der Waals surface area (Å²) in [6.45, 7) is 3.15. The molecule has 0 saturated carbocycles. The van der Waals surface area contributed by atoms with Gasteiger partial charge < -0.3 is 11.1 Å². The Kier molecular flexibility index (Phi) is 4.61. The van der Waals surface area contributed by atoms with Crippen molar-refractivity contribution in [3.63, 3.8) is 0 Å². The molecule has 2 amide bonds. The molecule has 0 aliphatic heterocycles. The van der Waals surface area contributed by atoms with E-state index in [1.807, 2.05) is 0 Å². The molecule has 0 bridgehead atoms. The van der Waals surface area contributed by atoms with Gasteiger partial charge in [-0.25, -0.2) is 4.98 Å². The maximum atomic E-state index is 12.1. The van der Waals surface area contributed by atoms with E-state index >= 15 is 0 Å². The summed E-state index contributed by atoms with van der Waals surface area (Å²) in [5.74, 6) is -1.33. The Labute approximate surface area is 119 Å². The van der Waals surface area contributed by atoms with E-state index in [9.17, 15) is 19.7 Å². The Morgan fingerprint density at radius 3 is 2.65 bits per heavy atom. The highest BCUT2D eigenvalue weighted by molar-refractivity contribution is 6.29. The first-order valence-corrected chi connectivity index (χ1v) is 5.91. The Morgan fingerprint density at radius 2 is 2.15 bits per heavy atom. The van der Waals surface area contributed by atoms with Crippen LogP contribution in [0.4, 0.5) is 5.69 Å². The van der Waals surface area contributed by atoms with Gasteiger partial charge in [-0.2, -0.15) is 0 Å². The fourth-order valence-electron chi connectivity index (χ4n) is 1.60. The first-order valence-electron chi connectivity index (χ1n) is 5.53. The molecule has 20 heavy (non-hydrogen) atoms. The Bertz CT molecular complexity index is 574. The maximum Gasteiger partial charge on any atom is 0.300 e. The minimum Gasteiger partial charge on any atom is -0.370 e. The average molecular weight is 301 g/mol. The third-order valence-electron chi connectivity index (χ3n) is 2.36. The summed E-state index contributed by atoms with van der Waals surface area (Å²) in [7, 11) is 0. The van der Waals surface area contributed by atoms with Crippen molar-refractivity contribution in [2.75, 3.05) is 0 Å². The molecule has 0 aromatic carbocycles. The van der Waals surface area contributed by atoms with E-state index in [1.165, 1.54) is 0 Å². The molecule has 8 nitrogen and oxygen atoms in total. The van der Waals surface area contributed by atoms with Crippen LogP contribution in [-0.4, -0.2) is 27.3 Å². The Morgan fingerprint density at radius 1 is 1.55 bits per heavy atom. The summed E-state index contributed by atoms with van der Waals surface area (Å²) >= 11 is 5.63. The zero-order valence-corrected chi connectivity index (χ0v) is 11.6. The minimum absolute atomic E-state index is 0.0477. The molecule has 1 aromatic heterocycles. The highest BCUT2D eigenvalue weighted by Crippen LogP contribution is 2.21. The van der Waals surface area contributed by atoms with Crippen LogP contribution in [0.25, 0.3) is 0 Å². The second-order valence-corrected chi connectivity index (χ2v) is 5.15. The number of carbonyl (C=O) groups is 2. The van der Waals surface area contributed by atoms with Crippen LogP contribution in [0.5, 0.6) is 0 Å². The van der Waals surface area contributed by atoms with Crippen molar-refractivity contribution in [1.82, 2.24) is 10.3 Å². The zero-order chi connectivity index (χ0) is 15.5. The molecule has 1 rings (SSSR count). The lowest BCUT2D eigenvalue weighted by Crippen LogP contribution is -2.46.